The number of sulfonamides is 1. The highest BCUT2D eigenvalue weighted by atomic mass is 32.2. The van der Waals surface area contributed by atoms with Gasteiger partial charge in [-0.15, -0.1) is 0 Å². The maximum Gasteiger partial charge on any atom is 0.407 e. The molecule has 1 aromatic heterocycles. The minimum absolute atomic E-state index is 0.0519. The summed E-state index contributed by atoms with van der Waals surface area (Å²) in [7, 11) is -3.36. The highest BCUT2D eigenvalue weighted by molar-refractivity contribution is 7.89. The molecule has 0 spiro atoms. The zero-order valence-electron chi connectivity index (χ0n) is 16.4. The molecular weight excluding hydrogens is 394 g/mol. The summed E-state index contributed by atoms with van der Waals surface area (Å²) in [6.45, 7) is 4.09. The van der Waals surface area contributed by atoms with Gasteiger partial charge in [0.15, 0.2) is 5.82 Å². The molecule has 10 heteroatoms. The summed E-state index contributed by atoms with van der Waals surface area (Å²) in [6, 6.07) is 7.14. The summed E-state index contributed by atoms with van der Waals surface area (Å²) < 4.78 is 31.7. The number of H-pyrrole nitrogens is 1. The SMILES string of the molecule is CC(C)NC(=O)OC1CCC(c2cc(Nc3ccc4c(c3)CNS4(=O)=O)n[nH]2)C1. The van der Waals surface area contributed by atoms with Crippen LogP contribution in [0.1, 0.15) is 50.3 Å². The first-order valence-corrected chi connectivity index (χ1v) is 11.2. The lowest BCUT2D eigenvalue weighted by atomic mass is 10.0. The first kappa shape index (κ1) is 19.7. The van der Waals surface area contributed by atoms with Crippen LogP contribution in [0.2, 0.25) is 0 Å². The Hall–Kier alpha value is -2.59. The van der Waals surface area contributed by atoms with Crippen LogP contribution in [-0.2, 0) is 21.3 Å². The van der Waals surface area contributed by atoms with Crippen molar-refractivity contribution in [3.8, 4) is 0 Å². The third kappa shape index (κ3) is 4.38. The first-order chi connectivity index (χ1) is 13.8. The molecule has 2 unspecified atom stereocenters. The number of carbonyl (C=O) groups excluding carboxylic acids is 1. The lowest BCUT2D eigenvalue weighted by Crippen LogP contribution is -2.33. The van der Waals surface area contributed by atoms with Crippen molar-refractivity contribution in [1.29, 1.82) is 0 Å². The summed E-state index contributed by atoms with van der Waals surface area (Å²) in [5.74, 6) is 0.917. The standard InChI is InChI=1S/C19H25N5O4S/c1-11(2)21-19(25)28-15-5-3-12(8-15)16-9-18(24-23-16)22-14-4-6-17-13(7-14)10-20-29(17,26)27/h4,6-7,9,11-12,15,20H,3,5,8,10H2,1-2H3,(H,21,25)(H2,22,23,24). The van der Waals surface area contributed by atoms with Crippen molar-refractivity contribution in [1.82, 2.24) is 20.2 Å². The second-order valence-corrected chi connectivity index (χ2v) is 9.55. The predicted molar refractivity (Wildman–Crippen MR) is 107 cm³/mol. The van der Waals surface area contributed by atoms with Crippen molar-refractivity contribution in [3.05, 3.63) is 35.5 Å². The van der Waals surface area contributed by atoms with E-state index in [1.54, 1.807) is 12.1 Å². The van der Waals surface area contributed by atoms with Crippen LogP contribution in [0, 0.1) is 0 Å². The number of aromatic nitrogens is 2. The highest BCUT2D eigenvalue weighted by Gasteiger charge is 2.30. The van der Waals surface area contributed by atoms with Crippen molar-refractivity contribution >= 4 is 27.6 Å². The van der Waals surface area contributed by atoms with Gasteiger partial charge in [0.25, 0.3) is 0 Å². The van der Waals surface area contributed by atoms with Crippen molar-refractivity contribution in [2.45, 2.75) is 62.6 Å². The Bertz CT molecular complexity index is 1020. The van der Waals surface area contributed by atoms with Crippen LogP contribution >= 0.6 is 0 Å². The molecule has 1 aliphatic heterocycles. The van der Waals surface area contributed by atoms with Crippen LogP contribution in [-0.4, -0.2) is 36.9 Å². The van der Waals surface area contributed by atoms with E-state index in [4.69, 9.17) is 4.74 Å². The number of aromatic amines is 1. The Kier molecular flexibility index (Phi) is 5.22. The van der Waals surface area contributed by atoms with Gasteiger partial charge in [0.05, 0.1) is 4.90 Å². The number of rotatable bonds is 5. The van der Waals surface area contributed by atoms with Crippen LogP contribution in [0.4, 0.5) is 16.3 Å². The van der Waals surface area contributed by atoms with Gasteiger partial charge in [-0.05, 0) is 56.9 Å². The third-order valence-electron chi connectivity index (χ3n) is 5.18. The third-order valence-corrected chi connectivity index (χ3v) is 6.68. The zero-order chi connectivity index (χ0) is 20.6. The Morgan fingerprint density at radius 3 is 2.90 bits per heavy atom. The molecule has 2 atom stereocenters. The number of ether oxygens (including phenoxy) is 1. The van der Waals surface area contributed by atoms with E-state index in [0.29, 0.717) is 17.3 Å². The molecule has 1 fully saturated rings. The molecule has 1 aliphatic carbocycles. The number of benzene rings is 1. The van der Waals surface area contributed by atoms with Gasteiger partial charge in [-0.1, -0.05) is 0 Å². The van der Waals surface area contributed by atoms with Gasteiger partial charge in [-0.25, -0.2) is 17.9 Å². The van der Waals surface area contributed by atoms with Crippen LogP contribution in [0.3, 0.4) is 0 Å². The van der Waals surface area contributed by atoms with E-state index in [1.807, 2.05) is 26.0 Å². The summed E-state index contributed by atoms with van der Waals surface area (Å²) in [5, 5.41) is 13.3. The van der Waals surface area contributed by atoms with Crippen molar-refractivity contribution in [2.24, 2.45) is 0 Å². The van der Waals surface area contributed by atoms with E-state index in [0.717, 1.165) is 36.2 Å². The molecular formula is C19H25N5O4S. The molecule has 0 radical (unpaired) electrons. The summed E-state index contributed by atoms with van der Waals surface area (Å²) in [5.41, 5.74) is 2.51. The van der Waals surface area contributed by atoms with Gasteiger partial charge >= 0.3 is 6.09 Å². The Labute approximate surface area is 169 Å². The molecule has 1 amide bonds. The van der Waals surface area contributed by atoms with E-state index in [9.17, 15) is 13.2 Å². The number of nitrogens with one attached hydrogen (secondary N) is 4. The molecule has 1 saturated carbocycles. The number of fused-ring (bicyclic) bond motifs is 1. The number of hydrogen-bond donors (Lipinski definition) is 4. The maximum atomic E-state index is 11.8. The second-order valence-electron chi connectivity index (χ2n) is 7.82. The van der Waals surface area contributed by atoms with Gasteiger partial charge in [-0.3, -0.25) is 5.10 Å². The fraction of sp³-hybridized carbons (Fsp3) is 0.474. The summed E-state index contributed by atoms with van der Waals surface area (Å²) in [6.07, 6.45) is 2.04. The lowest BCUT2D eigenvalue weighted by Gasteiger charge is -2.14. The molecule has 2 aromatic rings. The molecule has 0 saturated heterocycles. The highest BCUT2D eigenvalue weighted by Crippen LogP contribution is 2.36. The van der Waals surface area contributed by atoms with E-state index in [1.165, 1.54) is 0 Å². The number of anilines is 2. The topological polar surface area (TPSA) is 125 Å². The number of alkyl carbamates (subject to hydrolysis) is 1. The first-order valence-electron chi connectivity index (χ1n) is 9.72. The Morgan fingerprint density at radius 2 is 2.10 bits per heavy atom. The minimum atomic E-state index is -3.36. The van der Waals surface area contributed by atoms with Crippen molar-refractivity contribution < 1.29 is 17.9 Å². The molecule has 4 rings (SSSR count). The van der Waals surface area contributed by atoms with Crippen LogP contribution in [0.25, 0.3) is 0 Å². The molecule has 2 aliphatic rings. The molecule has 0 bridgehead atoms. The van der Waals surface area contributed by atoms with Crippen LogP contribution in [0.5, 0.6) is 0 Å². The fourth-order valence-corrected chi connectivity index (χ4v) is 5.04. The number of nitrogens with zero attached hydrogens (tertiary/aromatic N) is 1. The Balaban J connectivity index is 1.37. The smallest absolute Gasteiger partial charge is 0.407 e. The van der Waals surface area contributed by atoms with Gasteiger partial charge in [0.2, 0.25) is 10.0 Å². The minimum Gasteiger partial charge on any atom is -0.446 e. The average Bonchev–Trinajstić information content (AvgIpc) is 3.34. The van der Waals surface area contributed by atoms with E-state index in [-0.39, 0.29) is 24.2 Å². The van der Waals surface area contributed by atoms with E-state index < -0.39 is 10.0 Å². The molecule has 9 nitrogen and oxygen atoms in total. The number of hydrogen-bond acceptors (Lipinski definition) is 6. The maximum absolute atomic E-state index is 11.8. The fourth-order valence-electron chi connectivity index (χ4n) is 3.82. The molecule has 29 heavy (non-hydrogen) atoms. The number of carbonyl (C=O) groups is 1. The zero-order valence-corrected chi connectivity index (χ0v) is 17.2. The van der Waals surface area contributed by atoms with Gasteiger partial charge in [0.1, 0.15) is 6.10 Å². The normalized spacial score (nSPS) is 22.4. The van der Waals surface area contributed by atoms with Gasteiger partial charge in [0, 0.05) is 36.0 Å². The molecule has 2 heterocycles. The molecule has 156 valence electrons. The summed E-state index contributed by atoms with van der Waals surface area (Å²) >= 11 is 0. The molecule has 4 N–H and O–H groups in total. The number of amides is 1. The quantitative estimate of drug-likeness (QED) is 0.590. The largest absolute Gasteiger partial charge is 0.446 e. The van der Waals surface area contributed by atoms with Crippen molar-refractivity contribution in [3.63, 3.8) is 0 Å². The molecule has 1 aromatic carbocycles. The monoisotopic (exact) mass is 419 g/mol. The van der Waals surface area contributed by atoms with E-state index in [2.05, 4.69) is 25.6 Å². The van der Waals surface area contributed by atoms with Crippen LogP contribution in [0.15, 0.2) is 29.2 Å². The lowest BCUT2D eigenvalue weighted by molar-refractivity contribution is 0.0981. The van der Waals surface area contributed by atoms with E-state index >= 15 is 0 Å². The van der Waals surface area contributed by atoms with Crippen molar-refractivity contribution in [2.75, 3.05) is 5.32 Å². The second kappa shape index (κ2) is 7.68. The average molecular weight is 420 g/mol. The summed E-state index contributed by atoms with van der Waals surface area (Å²) in [4.78, 5) is 12.1. The van der Waals surface area contributed by atoms with Gasteiger partial charge in [-0.2, -0.15) is 5.10 Å². The van der Waals surface area contributed by atoms with Crippen LogP contribution < -0.4 is 15.4 Å². The predicted octanol–water partition coefficient (Wildman–Crippen LogP) is 2.72. The van der Waals surface area contributed by atoms with Gasteiger partial charge < -0.3 is 15.4 Å². The Morgan fingerprint density at radius 1 is 1.28 bits per heavy atom.